The molecule has 0 aliphatic heterocycles. The number of furan rings is 1. The summed E-state index contributed by atoms with van der Waals surface area (Å²) in [6.45, 7) is 0. The highest BCUT2D eigenvalue weighted by molar-refractivity contribution is 9.10. The van der Waals surface area contributed by atoms with Gasteiger partial charge < -0.3 is 4.42 Å². The highest BCUT2D eigenvalue weighted by atomic mass is 79.9. The molecule has 1 heterocycles. The van der Waals surface area contributed by atoms with Crippen LogP contribution in [0.15, 0.2) is 110 Å². The second kappa shape index (κ2) is 9.98. The van der Waals surface area contributed by atoms with Crippen LogP contribution in [-0.2, 0) is 0 Å². The molecule has 5 aromatic rings. The summed E-state index contributed by atoms with van der Waals surface area (Å²) in [5, 5.41) is 1.60. The molecular weight excluding hydrogens is 568 g/mol. The molecule has 0 saturated carbocycles. The van der Waals surface area contributed by atoms with Gasteiger partial charge >= 0.3 is 0 Å². The predicted octanol–water partition coefficient (Wildman–Crippen LogP) is 8.90. The molecule has 0 radical (unpaired) electrons. The molecule has 1 aromatic heterocycles. The van der Waals surface area contributed by atoms with E-state index >= 15 is 0 Å². The maximum absolute atomic E-state index is 12.8. The smallest absolute Gasteiger partial charge is 0.185 e. The van der Waals surface area contributed by atoms with Crippen molar-refractivity contribution < 1.29 is 14.0 Å². The van der Waals surface area contributed by atoms with Crippen molar-refractivity contribution in [2.75, 3.05) is 0 Å². The van der Waals surface area contributed by atoms with Gasteiger partial charge in [-0.2, -0.15) is 0 Å². The lowest BCUT2D eigenvalue weighted by atomic mass is 10.0. The van der Waals surface area contributed by atoms with Gasteiger partial charge in [0.1, 0.15) is 11.2 Å². The number of halogens is 2. The Morgan fingerprint density at radius 3 is 1.37 bits per heavy atom. The van der Waals surface area contributed by atoms with Crippen molar-refractivity contribution in [3.63, 3.8) is 0 Å². The fourth-order valence-corrected chi connectivity index (χ4v) is 4.30. The molecule has 3 nitrogen and oxygen atoms in total. The lowest BCUT2D eigenvalue weighted by Crippen LogP contribution is -1.94. The number of benzene rings is 4. The first kappa shape index (κ1) is 23.2. The molecule has 170 valence electrons. The Morgan fingerprint density at radius 2 is 0.971 bits per heavy atom. The van der Waals surface area contributed by atoms with Crippen molar-refractivity contribution in [2.24, 2.45) is 0 Å². The summed E-state index contributed by atoms with van der Waals surface area (Å²) < 4.78 is 7.91. The Morgan fingerprint density at radius 1 is 0.571 bits per heavy atom. The van der Waals surface area contributed by atoms with Crippen molar-refractivity contribution in [2.45, 2.75) is 0 Å². The minimum Gasteiger partial charge on any atom is -0.456 e. The predicted molar refractivity (Wildman–Crippen MR) is 149 cm³/mol. The number of hydrogen-bond donors (Lipinski definition) is 0. The summed E-state index contributed by atoms with van der Waals surface area (Å²) in [7, 11) is 0. The van der Waals surface area contributed by atoms with E-state index in [1.54, 1.807) is 48.6 Å². The molecule has 0 bridgehead atoms. The Bertz CT molecular complexity index is 1500. The van der Waals surface area contributed by atoms with Gasteiger partial charge in [0.05, 0.1) is 0 Å². The van der Waals surface area contributed by atoms with E-state index in [0.29, 0.717) is 22.3 Å². The molecule has 35 heavy (non-hydrogen) atoms. The zero-order valence-electron chi connectivity index (χ0n) is 18.4. The summed E-state index contributed by atoms with van der Waals surface area (Å²) in [5.74, 6) is -0.206. The molecule has 4 aromatic carbocycles. The van der Waals surface area contributed by atoms with E-state index in [1.165, 1.54) is 0 Å². The van der Waals surface area contributed by atoms with Gasteiger partial charge in [0.15, 0.2) is 11.6 Å². The molecule has 0 saturated heterocycles. The molecule has 0 N–H and O–H groups in total. The molecule has 0 aliphatic rings. The van der Waals surface area contributed by atoms with Crippen LogP contribution in [0.2, 0.25) is 0 Å². The van der Waals surface area contributed by atoms with Crippen molar-refractivity contribution in [3.05, 3.63) is 128 Å². The third-order valence-corrected chi connectivity index (χ3v) is 6.69. The molecule has 0 amide bonds. The first-order chi connectivity index (χ1) is 17.0. The van der Waals surface area contributed by atoms with Crippen molar-refractivity contribution >= 4 is 77.5 Å². The van der Waals surface area contributed by atoms with E-state index < -0.39 is 0 Å². The van der Waals surface area contributed by atoms with Crippen molar-refractivity contribution in [3.8, 4) is 0 Å². The first-order valence-electron chi connectivity index (χ1n) is 10.9. The van der Waals surface area contributed by atoms with Crippen LogP contribution in [0.1, 0.15) is 31.8 Å². The summed E-state index contributed by atoms with van der Waals surface area (Å²) in [6.07, 6.45) is 6.71. The van der Waals surface area contributed by atoms with Crippen LogP contribution in [0.5, 0.6) is 0 Å². The van der Waals surface area contributed by atoms with Crippen LogP contribution in [0.4, 0.5) is 0 Å². The summed E-state index contributed by atoms with van der Waals surface area (Å²) in [5.41, 5.74) is 4.33. The summed E-state index contributed by atoms with van der Waals surface area (Å²) in [4.78, 5) is 25.6. The fraction of sp³-hybridized carbons (Fsp3) is 0. The molecule has 0 unspecified atom stereocenters. The third-order valence-electron chi connectivity index (χ3n) is 5.63. The summed E-state index contributed by atoms with van der Waals surface area (Å²) in [6, 6.07) is 26.2. The van der Waals surface area contributed by atoms with Crippen LogP contribution in [0.25, 0.3) is 34.1 Å². The molecular formula is C30H18Br2O3. The zero-order valence-corrected chi connectivity index (χ0v) is 21.5. The molecule has 5 heteroatoms. The van der Waals surface area contributed by atoms with Gasteiger partial charge in [-0.3, -0.25) is 9.59 Å². The summed E-state index contributed by atoms with van der Waals surface area (Å²) >= 11 is 6.82. The van der Waals surface area contributed by atoms with Crippen LogP contribution < -0.4 is 0 Å². The third kappa shape index (κ3) is 5.26. The lowest BCUT2D eigenvalue weighted by molar-refractivity contribution is 0.104. The fourth-order valence-electron chi connectivity index (χ4n) is 3.77. The van der Waals surface area contributed by atoms with Gasteiger partial charge in [0, 0.05) is 30.8 Å². The van der Waals surface area contributed by atoms with Crippen LogP contribution in [0, 0.1) is 0 Å². The van der Waals surface area contributed by atoms with E-state index in [1.807, 2.05) is 60.7 Å². The number of carbonyl (C=O) groups is 2. The van der Waals surface area contributed by atoms with Gasteiger partial charge in [-0.1, -0.05) is 68.3 Å². The molecule has 0 atom stereocenters. The average Bonchev–Trinajstić information content (AvgIpc) is 3.25. The number of carbonyl (C=O) groups excluding carboxylic acids is 2. The number of allylic oxidation sites excluding steroid dienone is 2. The average molecular weight is 586 g/mol. The normalized spacial score (nSPS) is 11.7. The molecule has 0 fully saturated rings. The van der Waals surface area contributed by atoms with Gasteiger partial charge in [0.2, 0.25) is 0 Å². The maximum Gasteiger partial charge on any atom is 0.185 e. The molecule has 0 aliphatic carbocycles. The van der Waals surface area contributed by atoms with Gasteiger partial charge in [-0.05, 0) is 83.9 Å². The topological polar surface area (TPSA) is 47.3 Å². The first-order valence-corrected chi connectivity index (χ1v) is 12.5. The minimum atomic E-state index is -0.103. The number of hydrogen-bond acceptors (Lipinski definition) is 3. The number of fused-ring (bicyclic) bond motifs is 3. The van der Waals surface area contributed by atoms with Crippen LogP contribution >= 0.6 is 31.9 Å². The number of ketones is 2. The number of rotatable bonds is 6. The van der Waals surface area contributed by atoms with Gasteiger partial charge in [-0.15, -0.1) is 0 Å². The van der Waals surface area contributed by atoms with E-state index in [9.17, 15) is 9.59 Å². The SMILES string of the molecule is O=C(/C=C/c1ccc(Br)cc1)c1ccc2oc3ccc(C(=O)/C=C/c4ccc(Br)cc4)cc3c2c1. The monoisotopic (exact) mass is 584 g/mol. The molecule has 5 rings (SSSR count). The zero-order chi connectivity index (χ0) is 24.4. The highest BCUT2D eigenvalue weighted by Gasteiger charge is 2.12. The Kier molecular flexibility index (Phi) is 6.62. The maximum atomic E-state index is 12.8. The minimum absolute atomic E-state index is 0.103. The van der Waals surface area contributed by atoms with Gasteiger partial charge in [0.25, 0.3) is 0 Å². The van der Waals surface area contributed by atoms with Crippen molar-refractivity contribution in [1.29, 1.82) is 0 Å². The largest absolute Gasteiger partial charge is 0.456 e. The van der Waals surface area contributed by atoms with E-state index in [-0.39, 0.29) is 11.6 Å². The second-order valence-electron chi connectivity index (χ2n) is 8.02. The van der Waals surface area contributed by atoms with Crippen LogP contribution in [0.3, 0.4) is 0 Å². The van der Waals surface area contributed by atoms with Crippen LogP contribution in [-0.4, -0.2) is 11.6 Å². The quantitative estimate of drug-likeness (QED) is 0.148. The Hall–Kier alpha value is -3.54. The highest BCUT2D eigenvalue weighted by Crippen LogP contribution is 2.31. The second-order valence-corrected chi connectivity index (χ2v) is 9.85. The lowest BCUT2D eigenvalue weighted by Gasteiger charge is -1.99. The van der Waals surface area contributed by atoms with Gasteiger partial charge in [-0.25, -0.2) is 0 Å². The Balaban J connectivity index is 1.43. The van der Waals surface area contributed by atoms with Crippen molar-refractivity contribution in [1.82, 2.24) is 0 Å². The van der Waals surface area contributed by atoms with E-state index in [2.05, 4.69) is 31.9 Å². The van der Waals surface area contributed by atoms with E-state index in [0.717, 1.165) is 30.8 Å². The van der Waals surface area contributed by atoms with E-state index in [4.69, 9.17) is 4.42 Å². The molecule has 0 spiro atoms. The standard InChI is InChI=1S/C30H18Br2O3/c31-23-9-1-19(2-10-23)5-13-27(33)21-7-15-29-25(17-21)26-18-22(8-16-30(26)35-29)28(34)14-6-20-3-11-24(32)12-4-20/h1-18H/b13-5+,14-6+. The Labute approximate surface area is 219 Å².